The maximum Gasteiger partial charge on any atom is 0.240 e. The molecule has 0 bridgehead atoms. The molecule has 0 unspecified atom stereocenters. The Hall–Kier alpha value is -1.10. The van der Waals surface area contributed by atoms with Gasteiger partial charge in [0.05, 0.1) is 13.2 Å². The second-order valence-corrected chi connectivity index (χ2v) is 4.95. The minimum absolute atomic E-state index is 0. The van der Waals surface area contributed by atoms with E-state index < -0.39 is 0 Å². The van der Waals surface area contributed by atoms with E-state index in [0.29, 0.717) is 25.6 Å². The van der Waals surface area contributed by atoms with Gasteiger partial charge >= 0.3 is 0 Å². The number of nitrogens with zero attached hydrogens (tertiary/aromatic N) is 1. The van der Waals surface area contributed by atoms with Gasteiger partial charge in [-0.1, -0.05) is 18.2 Å². The fourth-order valence-corrected chi connectivity index (χ4v) is 1.98. The first-order valence-electron chi connectivity index (χ1n) is 6.86. The lowest BCUT2D eigenvalue weighted by Gasteiger charge is -2.23. The van der Waals surface area contributed by atoms with E-state index in [1.165, 1.54) is 12.8 Å². The lowest BCUT2D eigenvalue weighted by molar-refractivity contribution is -0.117. The Bertz CT molecular complexity index is 396. The Morgan fingerprint density at radius 3 is 2.65 bits per heavy atom. The van der Waals surface area contributed by atoms with Crippen molar-refractivity contribution >= 4 is 24.0 Å². The fourth-order valence-electron chi connectivity index (χ4n) is 1.98. The first-order chi connectivity index (χ1) is 9.31. The van der Waals surface area contributed by atoms with Gasteiger partial charge in [0.2, 0.25) is 5.91 Å². The van der Waals surface area contributed by atoms with Crippen LogP contribution in [-0.4, -0.2) is 39.3 Å². The number of ether oxygens (including phenoxy) is 1. The van der Waals surface area contributed by atoms with E-state index >= 15 is 0 Å². The number of carbonyl (C=O) groups excluding carboxylic acids is 1. The van der Waals surface area contributed by atoms with Crippen molar-refractivity contribution in [2.45, 2.75) is 12.8 Å². The van der Waals surface area contributed by atoms with Crippen LogP contribution in [0.3, 0.4) is 0 Å². The number of amides is 1. The maximum atomic E-state index is 12.3. The minimum atomic E-state index is 0. The molecule has 20 heavy (non-hydrogen) atoms. The fraction of sp³-hybridized carbons (Fsp3) is 0.533. The molecular formula is C15H23ClN2O2. The Labute approximate surface area is 126 Å². The van der Waals surface area contributed by atoms with Crippen LogP contribution in [0.4, 0.5) is 5.69 Å². The Morgan fingerprint density at radius 2 is 2.05 bits per heavy atom. The zero-order valence-corrected chi connectivity index (χ0v) is 12.7. The van der Waals surface area contributed by atoms with Gasteiger partial charge < -0.3 is 15.0 Å². The SMILES string of the molecule is COCCNCC(=O)N(CC1CC1)c1ccccc1.Cl. The highest BCUT2D eigenvalue weighted by Crippen LogP contribution is 2.31. The van der Waals surface area contributed by atoms with Gasteiger partial charge in [0.15, 0.2) is 0 Å². The number of halogens is 1. The molecule has 0 heterocycles. The highest BCUT2D eigenvalue weighted by atomic mass is 35.5. The van der Waals surface area contributed by atoms with Gasteiger partial charge in [-0.25, -0.2) is 0 Å². The average Bonchev–Trinajstić information content (AvgIpc) is 3.26. The summed E-state index contributed by atoms with van der Waals surface area (Å²) in [6, 6.07) is 9.91. The smallest absolute Gasteiger partial charge is 0.240 e. The molecule has 1 N–H and O–H groups in total. The monoisotopic (exact) mass is 298 g/mol. The standard InChI is InChI=1S/C15H22N2O2.ClH/c1-19-10-9-16-11-15(18)17(12-13-7-8-13)14-5-3-2-4-6-14;/h2-6,13,16H,7-12H2,1H3;1H. The molecule has 2 rings (SSSR count). The first kappa shape index (κ1) is 17.0. The summed E-state index contributed by atoms with van der Waals surface area (Å²) in [4.78, 5) is 14.2. The lowest BCUT2D eigenvalue weighted by Crippen LogP contribution is -2.40. The van der Waals surface area contributed by atoms with Crippen molar-refractivity contribution in [1.82, 2.24) is 5.32 Å². The van der Waals surface area contributed by atoms with Crippen LogP contribution < -0.4 is 10.2 Å². The number of anilines is 1. The molecule has 112 valence electrons. The molecular weight excluding hydrogens is 276 g/mol. The van der Waals surface area contributed by atoms with Crippen LogP contribution in [0.15, 0.2) is 30.3 Å². The summed E-state index contributed by atoms with van der Waals surface area (Å²) in [6.07, 6.45) is 2.49. The number of carbonyl (C=O) groups is 1. The summed E-state index contributed by atoms with van der Waals surface area (Å²) in [5, 5.41) is 3.11. The van der Waals surface area contributed by atoms with Gasteiger partial charge in [-0.15, -0.1) is 12.4 Å². The van der Waals surface area contributed by atoms with Gasteiger partial charge in [0.25, 0.3) is 0 Å². The molecule has 1 aliphatic carbocycles. The third kappa shape index (κ3) is 5.49. The van der Waals surface area contributed by atoms with Gasteiger partial charge in [-0.05, 0) is 30.9 Å². The van der Waals surface area contributed by atoms with Gasteiger partial charge in [-0.3, -0.25) is 4.79 Å². The molecule has 0 aliphatic heterocycles. The summed E-state index contributed by atoms with van der Waals surface area (Å²) < 4.78 is 4.96. The van der Waals surface area contributed by atoms with Crippen LogP contribution in [0.2, 0.25) is 0 Å². The molecule has 5 heteroatoms. The molecule has 0 atom stereocenters. The van der Waals surface area contributed by atoms with Gasteiger partial charge in [0, 0.05) is 25.9 Å². The molecule has 0 radical (unpaired) electrons. The normalized spacial score (nSPS) is 13.7. The van der Waals surface area contributed by atoms with Crippen molar-refractivity contribution in [3.8, 4) is 0 Å². The number of rotatable bonds is 8. The number of hydrogen-bond acceptors (Lipinski definition) is 3. The van der Waals surface area contributed by atoms with Crippen LogP contribution in [0.25, 0.3) is 0 Å². The number of methoxy groups -OCH3 is 1. The van der Waals surface area contributed by atoms with Crippen molar-refractivity contribution in [2.75, 3.05) is 38.3 Å². The third-order valence-electron chi connectivity index (χ3n) is 3.27. The molecule has 0 spiro atoms. The van der Waals surface area contributed by atoms with Gasteiger partial charge in [-0.2, -0.15) is 0 Å². The molecule has 1 aromatic carbocycles. The second kappa shape index (κ2) is 8.95. The van der Waals surface area contributed by atoms with E-state index in [1.807, 2.05) is 35.2 Å². The molecule has 1 saturated carbocycles. The summed E-state index contributed by atoms with van der Waals surface area (Å²) >= 11 is 0. The van der Waals surface area contributed by atoms with E-state index in [1.54, 1.807) is 7.11 Å². The van der Waals surface area contributed by atoms with Crippen molar-refractivity contribution in [2.24, 2.45) is 5.92 Å². The summed E-state index contributed by atoms with van der Waals surface area (Å²) in [7, 11) is 1.66. The molecule has 1 fully saturated rings. The number of hydrogen-bond donors (Lipinski definition) is 1. The largest absolute Gasteiger partial charge is 0.383 e. The minimum Gasteiger partial charge on any atom is -0.383 e. The van der Waals surface area contributed by atoms with Crippen LogP contribution in [0.1, 0.15) is 12.8 Å². The van der Waals surface area contributed by atoms with E-state index in [-0.39, 0.29) is 18.3 Å². The zero-order chi connectivity index (χ0) is 13.5. The second-order valence-electron chi connectivity index (χ2n) is 4.95. The maximum absolute atomic E-state index is 12.3. The Morgan fingerprint density at radius 1 is 1.35 bits per heavy atom. The van der Waals surface area contributed by atoms with E-state index in [4.69, 9.17) is 4.74 Å². The predicted octanol–water partition coefficient (Wildman–Crippen LogP) is 2.09. The summed E-state index contributed by atoms with van der Waals surface area (Å²) in [5.41, 5.74) is 0.993. The molecule has 1 amide bonds. The zero-order valence-electron chi connectivity index (χ0n) is 11.9. The number of nitrogens with one attached hydrogen (secondary N) is 1. The molecule has 4 nitrogen and oxygen atoms in total. The highest BCUT2D eigenvalue weighted by molar-refractivity contribution is 5.94. The lowest BCUT2D eigenvalue weighted by atomic mass is 10.2. The topological polar surface area (TPSA) is 41.6 Å². The van der Waals surface area contributed by atoms with E-state index in [9.17, 15) is 4.79 Å². The van der Waals surface area contributed by atoms with Crippen molar-refractivity contribution < 1.29 is 9.53 Å². The van der Waals surface area contributed by atoms with Crippen LogP contribution in [0.5, 0.6) is 0 Å². The van der Waals surface area contributed by atoms with Crippen LogP contribution in [-0.2, 0) is 9.53 Å². The van der Waals surface area contributed by atoms with Gasteiger partial charge in [0.1, 0.15) is 0 Å². The average molecular weight is 299 g/mol. The predicted molar refractivity (Wildman–Crippen MR) is 83.5 cm³/mol. The van der Waals surface area contributed by atoms with Crippen molar-refractivity contribution in [3.05, 3.63) is 30.3 Å². The summed E-state index contributed by atoms with van der Waals surface area (Å²) in [6.45, 7) is 2.54. The Balaban J connectivity index is 0.00000200. The number of para-hydroxylation sites is 1. The quantitative estimate of drug-likeness (QED) is 0.747. The molecule has 0 saturated heterocycles. The van der Waals surface area contributed by atoms with Crippen molar-refractivity contribution in [1.29, 1.82) is 0 Å². The summed E-state index contributed by atoms with van der Waals surface area (Å²) in [5.74, 6) is 0.817. The van der Waals surface area contributed by atoms with Crippen LogP contribution >= 0.6 is 12.4 Å². The van der Waals surface area contributed by atoms with E-state index in [2.05, 4.69) is 5.32 Å². The molecule has 0 aromatic heterocycles. The highest BCUT2D eigenvalue weighted by Gasteiger charge is 2.27. The van der Waals surface area contributed by atoms with E-state index in [0.717, 1.165) is 12.2 Å². The van der Waals surface area contributed by atoms with Crippen molar-refractivity contribution in [3.63, 3.8) is 0 Å². The Kier molecular flexibility index (Phi) is 7.59. The van der Waals surface area contributed by atoms with Crippen LogP contribution in [0, 0.1) is 5.92 Å². The first-order valence-corrected chi connectivity index (χ1v) is 6.86. The molecule has 1 aromatic rings. The third-order valence-corrected chi connectivity index (χ3v) is 3.27. The molecule has 1 aliphatic rings. The number of benzene rings is 1.